The summed E-state index contributed by atoms with van der Waals surface area (Å²) in [7, 11) is 0. The Morgan fingerprint density at radius 3 is 2.83 bits per heavy atom. The SMILES string of the molecule is C1=NCC[CH+]C1. The van der Waals surface area contributed by atoms with Gasteiger partial charge in [0.1, 0.15) is 12.8 Å². The Balaban J connectivity index is 2.26. The van der Waals surface area contributed by atoms with E-state index in [2.05, 4.69) is 11.4 Å². The fourth-order valence-electron chi connectivity index (χ4n) is 0.524. The third-order valence-electron chi connectivity index (χ3n) is 0.863. The molecule has 0 saturated heterocycles. The van der Waals surface area contributed by atoms with E-state index in [0.29, 0.717) is 0 Å². The standard InChI is InChI=1S/C5H8N/c1-2-4-6-5-3-1/h1,4H,2-3,5H2/q+1. The highest BCUT2D eigenvalue weighted by atomic mass is 14.7. The summed E-state index contributed by atoms with van der Waals surface area (Å²) in [5.41, 5.74) is 0. The largest absolute Gasteiger partial charge is 0.289 e. The van der Waals surface area contributed by atoms with Crippen molar-refractivity contribution < 1.29 is 0 Å². The molecule has 1 heterocycles. The molecule has 1 heteroatoms. The second kappa shape index (κ2) is 1.85. The summed E-state index contributed by atoms with van der Waals surface area (Å²) >= 11 is 0. The smallest absolute Gasteiger partial charge is 0.122 e. The van der Waals surface area contributed by atoms with Gasteiger partial charge in [-0.25, -0.2) is 0 Å². The maximum absolute atomic E-state index is 4.02. The molecule has 6 heavy (non-hydrogen) atoms. The number of hydrogen-bond acceptors (Lipinski definition) is 1. The van der Waals surface area contributed by atoms with E-state index in [9.17, 15) is 0 Å². The molecule has 0 amide bonds. The van der Waals surface area contributed by atoms with Gasteiger partial charge in [0.15, 0.2) is 0 Å². The van der Waals surface area contributed by atoms with Crippen LogP contribution in [0.1, 0.15) is 12.8 Å². The highest BCUT2D eigenvalue weighted by Gasteiger charge is 1.97. The van der Waals surface area contributed by atoms with Crippen LogP contribution in [0.2, 0.25) is 0 Å². The molecule has 0 aromatic carbocycles. The molecule has 1 nitrogen and oxygen atoms in total. The molecular formula is C5H8N+. The van der Waals surface area contributed by atoms with Crippen molar-refractivity contribution >= 4 is 6.21 Å². The van der Waals surface area contributed by atoms with Crippen LogP contribution in [-0.4, -0.2) is 12.8 Å². The third kappa shape index (κ3) is 0.744. The average molecular weight is 82.1 g/mol. The zero-order valence-electron chi connectivity index (χ0n) is 3.72. The predicted octanol–water partition coefficient (Wildman–Crippen LogP) is 1.06. The Hall–Kier alpha value is -0.460. The first-order chi connectivity index (χ1) is 3.00. The Labute approximate surface area is 38.1 Å². The van der Waals surface area contributed by atoms with Crippen LogP contribution in [0.5, 0.6) is 0 Å². The van der Waals surface area contributed by atoms with Gasteiger partial charge in [-0.15, -0.1) is 0 Å². The van der Waals surface area contributed by atoms with Gasteiger partial charge in [-0.1, -0.05) is 0 Å². The molecular weight excluding hydrogens is 74.1 g/mol. The lowest BCUT2D eigenvalue weighted by Gasteiger charge is -1.88. The molecule has 1 aliphatic heterocycles. The van der Waals surface area contributed by atoms with Crippen molar-refractivity contribution in [1.29, 1.82) is 0 Å². The first kappa shape index (κ1) is 3.72. The quantitative estimate of drug-likeness (QED) is 0.387. The Kier molecular flexibility index (Phi) is 1.15. The minimum atomic E-state index is 1.01. The molecule has 0 bridgehead atoms. The summed E-state index contributed by atoms with van der Waals surface area (Å²) in [5.74, 6) is 0. The fraction of sp³-hybridized carbons (Fsp3) is 0.600. The summed E-state index contributed by atoms with van der Waals surface area (Å²) in [6.45, 7) is 1.01. The summed E-state index contributed by atoms with van der Waals surface area (Å²) < 4.78 is 0. The van der Waals surface area contributed by atoms with Gasteiger partial charge in [0, 0.05) is 6.21 Å². The summed E-state index contributed by atoms with van der Waals surface area (Å²) in [5, 5.41) is 0. The third-order valence-corrected chi connectivity index (χ3v) is 0.863. The predicted molar refractivity (Wildman–Crippen MR) is 26.9 cm³/mol. The first-order valence-electron chi connectivity index (χ1n) is 2.30. The lowest BCUT2D eigenvalue weighted by atomic mass is 10.2. The molecule has 0 N–H and O–H groups in total. The lowest BCUT2D eigenvalue weighted by molar-refractivity contribution is 0.896. The van der Waals surface area contributed by atoms with Crippen LogP contribution in [0.4, 0.5) is 0 Å². The van der Waals surface area contributed by atoms with Gasteiger partial charge in [-0.3, -0.25) is 4.99 Å². The second-order valence-electron chi connectivity index (χ2n) is 1.40. The maximum atomic E-state index is 4.02. The number of nitrogens with zero attached hydrogens (tertiary/aromatic N) is 1. The van der Waals surface area contributed by atoms with Crippen molar-refractivity contribution in [3.63, 3.8) is 0 Å². The molecule has 0 atom stereocenters. The van der Waals surface area contributed by atoms with Crippen molar-refractivity contribution in [3.8, 4) is 0 Å². The van der Waals surface area contributed by atoms with E-state index in [1.165, 1.54) is 6.42 Å². The van der Waals surface area contributed by atoms with Crippen LogP contribution in [0.3, 0.4) is 0 Å². The molecule has 1 aliphatic rings. The van der Waals surface area contributed by atoms with Crippen LogP contribution in [-0.2, 0) is 0 Å². The van der Waals surface area contributed by atoms with Gasteiger partial charge >= 0.3 is 0 Å². The Morgan fingerprint density at radius 1 is 1.67 bits per heavy atom. The molecule has 0 aromatic rings. The van der Waals surface area contributed by atoms with Crippen molar-refractivity contribution in [2.75, 3.05) is 6.54 Å². The Morgan fingerprint density at radius 2 is 2.67 bits per heavy atom. The van der Waals surface area contributed by atoms with E-state index < -0.39 is 0 Å². The minimum absolute atomic E-state index is 1.01. The van der Waals surface area contributed by atoms with Crippen LogP contribution in [0.15, 0.2) is 4.99 Å². The van der Waals surface area contributed by atoms with Gasteiger partial charge in [-0.05, 0) is 0 Å². The van der Waals surface area contributed by atoms with Gasteiger partial charge in [0.05, 0.1) is 13.0 Å². The minimum Gasteiger partial charge on any atom is -0.289 e. The van der Waals surface area contributed by atoms with Gasteiger partial charge in [0.2, 0.25) is 0 Å². The van der Waals surface area contributed by atoms with Crippen LogP contribution in [0, 0.1) is 6.42 Å². The number of aliphatic imine (C=N–C) groups is 1. The topological polar surface area (TPSA) is 12.4 Å². The van der Waals surface area contributed by atoms with Gasteiger partial charge in [0.25, 0.3) is 0 Å². The lowest BCUT2D eigenvalue weighted by Crippen LogP contribution is -1.90. The zero-order chi connectivity index (χ0) is 4.24. The molecule has 0 aliphatic carbocycles. The molecule has 32 valence electrons. The molecule has 0 radical (unpaired) electrons. The molecule has 0 spiro atoms. The highest BCUT2D eigenvalue weighted by Crippen LogP contribution is 1.96. The summed E-state index contributed by atoms with van der Waals surface area (Å²) in [6.07, 6.45) is 6.47. The van der Waals surface area contributed by atoms with E-state index in [0.717, 1.165) is 13.0 Å². The normalized spacial score (nSPS) is 20.0. The second-order valence-corrected chi connectivity index (χ2v) is 1.40. The molecule has 1 rings (SSSR count). The number of rotatable bonds is 0. The number of hydrogen-bond donors (Lipinski definition) is 0. The molecule has 0 fully saturated rings. The van der Waals surface area contributed by atoms with E-state index in [1.54, 1.807) is 0 Å². The fourth-order valence-corrected chi connectivity index (χ4v) is 0.524. The summed E-state index contributed by atoms with van der Waals surface area (Å²) in [4.78, 5) is 4.02. The molecule has 0 saturated carbocycles. The van der Waals surface area contributed by atoms with E-state index in [-0.39, 0.29) is 0 Å². The average Bonchev–Trinajstić information content (AvgIpc) is 1.72. The molecule has 0 aromatic heterocycles. The molecule has 0 unspecified atom stereocenters. The highest BCUT2D eigenvalue weighted by molar-refractivity contribution is 5.59. The van der Waals surface area contributed by atoms with Gasteiger partial charge in [-0.2, -0.15) is 0 Å². The van der Waals surface area contributed by atoms with Crippen LogP contribution >= 0.6 is 0 Å². The monoisotopic (exact) mass is 82.1 g/mol. The van der Waals surface area contributed by atoms with Crippen molar-refractivity contribution in [3.05, 3.63) is 6.42 Å². The van der Waals surface area contributed by atoms with Crippen molar-refractivity contribution in [2.24, 2.45) is 4.99 Å². The van der Waals surface area contributed by atoms with E-state index in [1.807, 2.05) is 6.21 Å². The van der Waals surface area contributed by atoms with E-state index >= 15 is 0 Å². The van der Waals surface area contributed by atoms with Crippen molar-refractivity contribution in [1.82, 2.24) is 0 Å². The first-order valence-corrected chi connectivity index (χ1v) is 2.30. The van der Waals surface area contributed by atoms with E-state index in [4.69, 9.17) is 0 Å². The van der Waals surface area contributed by atoms with Crippen molar-refractivity contribution in [2.45, 2.75) is 12.8 Å². The maximum Gasteiger partial charge on any atom is 0.122 e. The Bertz CT molecular complexity index is 49.0. The van der Waals surface area contributed by atoms with Gasteiger partial charge < -0.3 is 0 Å². The zero-order valence-corrected chi connectivity index (χ0v) is 3.72. The summed E-state index contributed by atoms with van der Waals surface area (Å²) in [6, 6.07) is 0. The van der Waals surface area contributed by atoms with Crippen LogP contribution in [0.25, 0.3) is 0 Å². The van der Waals surface area contributed by atoms with Crippen LogP contribution < -0.4 is 0 Å².